The fourth-order valence-electron chi connectivity index (χ4n) is 1.59. The Kier molecular flexibility index (Phi) is 4.31. The normalized spacial score (nSPS) is 13.4. The van der Waals surface area contributed by atoms with E-state index in [1.807, 2.05) is 0 Å². The van der Waals surface area contributed by atoms with Crippen LogP contribution in [0.15, 0.2) is 40.2 Å². The van der Waals surface area contributed by atoms with E-state index >= 15 is 0 Å². The van der Waals surface area contributed by atoms with Crippen molar-refractivity contribution in [1.82, 2.24) is 9.71 Å². The lowest BCUT2D eigenvalue weighted by molar-refractivity contribution is 0.282. The minimum Gasteiger partial charge on any atom is -0.392 e. The number of hydrogen-bond acceptors (Lipinski definition) is 5. The molecule has 2 aromatic heterocycles. The van der Waals surface area contributed by atoms with Crippen LogP contribution in [0.2, 0.25) is 0 Å². The number of nitrogens with zero attached hydrogens (tertiary/aromatic N) is 1. The fraction of sp³-hybridized carbons (Fsp3) is 0.250. The van der Waals surface area contributed by atoms with Crippen LogP contribution in [0.5, 0.6) is 0 Å². The predicted octanol–water partition coefficient (Wildman–Crippen LogP) is 1.67. The molecule has 0 saturated heterocycles. The Morgan fingerprint density at radius 1 is 1.42 bits per heavy atom. The maximum atomic E-state index is 12.1. The smallest absolute Gasteiger partial charge is 0.250 e. The van der Waals surface area contributed by atoms with Crippen molar-refractivity contribution in [3.63, 3.8) is 0 Å². The standard InChI is InChI=1S/C12H14N2O3S2/c1-9(11-2-4-13-5-3-11)14-19(16,17)12-6-10(7-15)8-18-12/h2-6,8-9,14-15H,7H2,1H3. The molecule has 0 aliphatic carbocycles. The summed E-state index contributed by atoms with van der Waals surface area (Å²) in [5, 5.41) is 10.6. The van der Waals surface area contributed by atoms with Crippen molar-refractivity contribution in [2.45, 2.75) is 23.8 Å². The second-order valence-corrected chi connectivity index (χ2v) is 6.91. The van der Waals surface area contributed by atoms with E-state index in [1.165, 1.54) is 6.07 Å². The van der Waals surface area contributed by atoms with E-state index in [4.69, 9.17) is 5.11 Å². The van der Waals surface area contributed by atoms with Crippen LogP contribution < -0.4 is 4.72 Å². The molecule has 0 amide bonds. The van der Waals surface area contributed by atoms with E-state index in [9.17, 15) is 8.42 Å². The van der Waals surface area contributed by atoms with Gasteiger partial charge >= 0.3 is 0 Å². The second kappa shape index (κ2) is 5.79. The van der Waals surface area contributed by atoms with Gasteiger partial charge in [0, 0.05) is 18.4 Å². The summed E-state index contributed by atoms with van der Waals surface area (Å²) in [4.78, 5) is 3.89. The summed E-state index contributed by atoms with van der Waals surface area (Å²) < 4.78 is 27.1. The molecule has 5 nitrogen and oxygen atoms in total. The molecule has 1 atom stereocenters. The average Bonchev–Trinajstić information content (AvgIpc) is 2.89. The van der Waals surface area contributed by atoms with Gasteiger partial charge in [-0.25, -0.2) is 13.1 Å². The van der Waals surface area contributed by atoms with Crippen molar-refractivity contribution in [2.24, 2.45) is 0 Å². The zero-order valence-corrected chi connectivity index (χ0v) is 11.9. The van der Waals surface area contributed by atoms with Crippen LogP contribution in [0.1, 0.15) is 24.1 Å². The molecule has 0 aliphatic rings. The number of aromatic nitrogens is 1. The maximum absolute atomic E-state index is 12.1. The van der Waals surface area contributed by atoms with Crippen LogP contribution in [0.3, 0.4) is 0 Å². The molecule has 0 aromatic carbocycles. The summed E-state index contributed by atoms with van der Waals surface area (Å²) in [5.41, 5.74) is 1.44. The Morgan fingerprint density at radius 3 is 2.68 bits per heavy atom. The largest absolute Gasteiger partial charge is 0.392 e. The van der Waals surface area contributed by atoms with Crippen molar-refractivity contribution >= 4 is 21.4 Å². The van der Waals surface area contributed by atoms with E-state index < -0.39 is 10.0 Å². The van der Waals surface area contributed by atoms with Gasteiger partial charge in [-0.05, 0) is 41.6 Å². The topological polar surface area (TPSA) is 79.3 Å². The van der Waals surface area contributed by atoms with Gasteiger partial charge < -0.3 is 5.11 Å². The van der Waals surface area contributed by atoms with Gasteiger partial charge in [-0.3, -0.25) is 4.98 Å². The molecule has 0 aliphatic heterocycles. The lowest BCUT2D eigenvalue weighted by atomic mass is 10.1. The van der Waals surface area contributed by atoms with Crippen LogP contribution in [-0.4, -0.2) is 18.5 Å². The molecular formula is C12H14N2O3S2. The van der Waals surface area contributed by atoms with Gasteiger partial charge in [0.05, 0.1) is 6.61 Å². The number of aliphatic hydroxyl groups excluding tert-OH is 1. The highest BCUT2D eigenvalue weighted by molar-refractivity contribution is 7.91. The number of pyridine rings is 1. The number of rotatable bonds is 5. The van der Waals surface area contributed by atoms with E-state index in [1.54, 1.807) is 36.8 Å². The summed E-state index contributed by atoms with van der Waals surface area (Å²) in [6.45, 7) is 1.61. The average molecular weight is 298 g/mol. The molecule has 0 saturated carbocycles. The van der Waals surface area contributed by atoms with Crippen molar-refractivity contribution in [2.75, 3.05) is 0 Å². The second-order valence-electron chi connectivity index (χ2n) is 4.06. The Morgan fingerprint density at radius 2 is 2.11 bits per heavy atom. The van der Waals surface area contributed by atoms with Crippen LogP contribution >= 0.6 is 11.3 Å². The monoisotopic (exact) mass is 298 g/mol. The maximum Gasteiger partial charge on any atom is 0.250 e. The number of aliphatic hydroxyl groups is 1. The van der Waals surface area contributed by atoms with Crippen LogP contribution in [0.4, 0.5) is 0 Å². The summed E-state index contributed by atoms with van der Waals surface area (Å²) in [7, 11) is -3.56. The highest BCUT2D eigenvalue weighted by atomic mass is 32.2. The lowest BCUT2D eigenvalue weighted by Crippen LogP contribution is -2.26. The molecule has 19 heavy (non-hydrogen) atoms. The summed E-state index contributed by atoms with van der Waals surface area (Å²) >= 11 is 1.10. The molecule has 102 valence electrons. The predicted molar refractivity (Wildman–Crippen MR) is 73.2 cm³/mol. The van der Waals surface area contributed by atoms with E-state index in [0.29, 0.717) is 5.56 Å². The summed E-state index contributed by atoms with van der Waals surface area (Å²) in [5.74, 6) is 0. The van der Waals surface area contributed by atoms with Crippen molar-refractivity contribution in [3.05, 3.63) is 47.1 Å². The third kappa shape index (κ3) is 3.38. The highest BCUT2D eigenvalue weighted by Gasteiger charge is 2.20. The Balaban J connectivity index is 2.17. The van der Waals surface area contributed by atoms with Crippen LogP contribution in [-0.2, 0) is 16.6 Å². The first-order chi connectivity index (χ1) is 9.03. The van der Waals surface area contributed by atoms with E-state index in [2.05, 4.69) is 9.71 Å². The zero-order chi connectivity index (χ0) is 13.9. The van der Waals surface area contributed by atoms with Gasteiger partial charge in [0.25, 0.3) is 10.0 Å². The third-order valence-corrected chi connectivity index (χ3v) is 5.64. The van der Waals surface area contributed by atoms with Gasteiger partial charge in [-0.15, -0.1) is 11.3 Å². The lowest BCUT2D eigenvalue weighted by Gasteiger charge is -2.13. The molecule has 1 unspecified atom stereocenters. The molecule has 0 radical (unpaired) electrons. The Labute approximate surface area is 116 Å². The van der Waals surface area contributed by atoms with Crippen LogP contribution in [0.25, 0.3) is 0 Å². The van der Waals surface area contributed by atoms with Crippen LogP contribution in [0, 0.1) is 0 Å². The zero-order valence-electron chi connectivity index (χ0n) is 10.3. The number of nitrogens with one attached hydrogen (secondary N) is 1. The summed E-state index contributed by atoms with van der Waals surface area (Å²) in [6, 6.07) is 4.67. The molecule has 2 N–H and O–H groups in total. The molecule has 2 heterocycles. The van der Waals surface area contributed by atoms with E-state index in [0.717, 1.165) is 16.9 Å². The molecule has 7 heteroatoms. The van der Waals surface area contributed by atoms with Gasteiger partial charge in [-0.1, -0.05) is 0 Å². The minimum absolute atomic E-state index is 0.161. The number of sulfonamides is 1. The Bertz CT molecular complexity index is 638. The molecule has 2 aromatic rings. The molecular weight excluding hydrogens is 284 g/mol. The first-order valence-corrected chi connectivity index (χ1v) is 8.00. The molecule has 2 rings (SSSR count). The van der Waals surface area contributed by atoms with Crippen molar-refractivity contribution in [1.29, 1.82) is 0 Å². The minimum atomic E-state index is -3.56. The number of thiophene rings is 1. The van der Waals surface area contributed by atoms with Gasteiger partial charge in [0.15, 0.2) is 0 Å². The van der Waals surface area contributed by atoms with Crippen molar-refractivity contribution in [3.8, 4) is 0 Å². The highest BCUT2D eigenvalue weighted by Crippen LogP contribution is 2.22. The van der Waals surface area contributed by atoms with Crippen molar-refractivity contribution < 1.29 is 13.5 Å². The fourth-order valence-corrected chi connectivity index (χ4v) is 4.04. The van der Waals surface area contributed by atoms with E-state index in [-0.39, 0.29) is 16.9 Å². The van der Waals surface area contributed by atoms with Gasteiger partial charge in [-0.2, -0.15) is 0 Å². The molecule has 0 fully saturated rings. The quantitative estimate of drug-likeness (QED) is 0.880. The first kappa shape index (κ1) is 14.1. The van der Waals surface area contributed by atoms with Gasteiger partial charge in [0.1, 0.15) is 4.21 Å². The SMILES string of the molecule is CC(NS(=O)(=O)c1cc(CO)cs1)c1ccncc1. The summed E-state index contributed by atoms with van der Waals surface area (Å²) in [6.07, 6.45) is 3.24. The molecule has 0 bridgehead atoms. The molecule has 0 spiro atoms. The van der Waals surface area contributed by atoms with Gasteiger partial charge in [0.2, 0.25) is 0 Å². The number of hydrogen-bond donors (Lipinski definition) is 2. The first-order valence-electron chi connectivity index (χ1n) is 5.63. The third-order valence-electron chi connectivity index (χ3n) is 2.62. The Hall–Kier alpha value is -1.28.